The van der Waals surface area contributed by atoms with Gasteiger partial charge in [0.2, 0.25) is 0 Å². The van der Waals surface area contributed by atoms with Crippen LogP contribution in [-0.2, 0) is 14.8 Å². The summed E-state index contributed by atoms with van der Waals surface area (Å²) in [5.41, 5.74) is 2.33. The average molecular weight is 575 g/mol. The quantitative estimate of drug-likeness (QED) is 0.276. The number of carboxylic acids is 1. The van der Waals surface area contributed by atoms with Crippen LogP contribution in [-0.4, -0.2) is 41.5 Å². The van der Waals surface area contributed by atoms with Crippen LogP contribution in [0.5, 0.6) is 0 Å². The summed E-state index contributed by atoms with van der Waals surface area (Å²) in [7, 11) is -4.15. The molecule has 8 nitrogen and oxygen atoms in total. The Morgan fingerprint density at radius 3 is 2.51 bits per heavy atom. The van der Waals surface area contributed by atoms with Gasteiger partial charge in [-0.1, -0.05) is 35.9 Å². The van der Waals surface area contributed by atoms with Gasteiger partial charge in [-0.2, -0.15) is 5.26 Å². The van der Waals surface area contributed by atoms with Crippen LogP contribution in [0, 0.1) is 17.2 Å². The smallest absolute Gasteiger partial charge is 0.310 e. The number of halogens is 1. The molecule has 1 aliphatic rings. The van der Waals surface area contributed by atoms with E-state index in [1.54, 1.807) is 35.7 Å². The maximum absolute atomic E-state index is 14.2. The molecule has 4 heterocycles. The molecule has 0 radical (unpaired) electrons. The Balaban J connectivity index is 1.65. The van der Waals surface area contributed by atoms with Crippen LogP contribution >= 0.6 is 22.9 Å². The predicted molar refractivity (Wildman–Crippen MR) is 151 cm³/mol. The molecule has 1 saturated heterocycles. The summed E-state index contributed by atoms with van der Waals surface area (Å²) in [6.07, 6.45) is 0. The van der Waals surface area contributed by atoms with E-state index < -0.39 is 21.9 Å². The molecular weight excluding hydrogens is 556 g/mol. The summed E-state index contributed by atoms with van der Waals surface area (Å²) < 4.78 is 29.8. The molecule has 5 aromatic rings. The SMILES string of the molecule is N#Cc1sccc1-c1c(-c2cccc(N3CC(C(=O)O)C3)n2)n(S(=O)(=O)c2ccc(Cl)cc2)c2ccccc12. The van der Waals surface area contributed by atoms with Gasteiger partial charge in [0, 0.05) is 34.6 Å². The number of rotatable bonds is 6. The summed E-state index contributed by atoms with van der Waals surface area (Å²) in [4.78, 5) is 18.5. The van der Waals surface area contributed by atoms with Crippen LogP contribution in [0.1, 0.15) is 4.88 Å². The Labute approximate surface area is 233 Å². The molecule has 11 heteroatoms. The summed E-state index contributed by atoms with van der Waals surface area (Å²) >= 11 is 7.33. The van der Waals surface area contributed by atoms with Crippen LogP contribution in [0.3, 0.4) is 0 Å². The number of carbonyl (C=O) groups is 1. The van der Waals surface area contributed by atoms with E-state index in [1.807, 2.05) is 23.1 Å². The van der Waals surface area contributed by atoms with Crippen molar-refractivity contribution in [3.05, 3.63) is 88.1 Å². The van der Waals surface area contributed by atoms with Gasteiger partial charge in [-0.3, -0.25) is 4.79 Å². The number of hydrogen-bond donors (Lipinski definition) is 1. The van der Waals surface area contributed by atoms with E-state index in [9.17, 15) is 23.6 Å². The fourth-order valence-corrected chi connectivity index (χ4v) is 7.17. The van der Waals surface area contributed by atoms with Crippen LogP contribution in [0.2, 0.25) is 5.02 Å². The zero-order valence-electron chi connectivity index (χ0n) is 20.2. The topological polar surface area (TPSA) is 116 Å². The monoisotopic (exact) mass is 574 g/mol. The number of carboxylic acid groups (broad SMARTS) is 1. The second kappa shape index (κ2) is 9.54. The van der Waals surface area contributed by atoms with Crippen LogP contribution in [0.4, 0.5) is 5.82 Å². The summed E-state index contributed by atoms with van der Waals surface area (Å²) in [5, 5.41) is 22.0. The average Bonchev–Trinajstić information content (AvgIpc) is 3.50. The second-order valence-electron chi connectivity index (χ2n) is 9.06. The first kappa shape index (κ1) is 25.1. The normalized spacial score (nSPS) is 13.8. The van der Waals surface area contributed by atoms with Gasteiger partial charge in [-0.05, 0) is 53.9 Å². The maximum Gasteiger partial charge on any atom is 0.310 e. The Morgan fingerprint density at radius 1 is 1.05 bits per heavy atom. The van der Waals surface area contributed by atoms with Crippen molar-refractivity contribution in [2.45, 2.75) is 4.90 Å². The lowest BCUT2D eigenvalue weighted by Crippen LogP contribution is -2.50. The van der Waals surface area contributed by atoms with E-state index >= 15 is 0 Å². The van der Waals surface area contributed by atoms with Gasteiger partial charge in [0.25, 0.3) is 10.0 Å². The molecule has 3 aromatic heterocycles. The summed E-state index contributed by atoms with van der Waals surface area (Å²) in [6, 6.07) is 22.4. The Hall–Kier alpha value is -4.17. The van der Waals surface area contributed by atoms with Crippen LogP contribution in [0.25, 0.3) is 33.4 Å². The highest BCUT2D eigenvalue weighted by Gasteiger charge is 2.34. The molecule has 0 unspecified atom stereocenters. The Morgan fingerprint density at radius 2 is 1.79 bits per heavy atom. The number of thiophene rings is 1. The Kier molecular flexibility index (Phi) is 6.14. The number of aliphatic carboxylic acids is 1. The number of para-hydroxylation sites is 1. The van der Waals surface area contributed by atoms with Crippen molar-refractivity contribution in [3.63, 3.8) is 0 Å². The van der Waals surface area contributed by atoms with Crippen LogP contribution in [0.15, 0.2) is 83.1 Å². The number of anilines is 1. The molecule has 1 aliphatic heterocycles. The minimum Gasteiger partial charge on any atom is -0.481 e. The molecule has 0 saturated carbocycles. The number of aromatic nitrogens is 2. The van der Waals surface area contributed by atoms with E-state index in [0.29, 0.717) is 62.2 Å². The molecule has 1 N–H and O–H groups in total. The molecule has 0 aliphatic carbocycles. The van der Waals surface area contributed by atoms with Gasteiger partial charge in [-0.15, -0.1) is 11.3 Å². The lowest BCUT2D eigenvalue weighted by atomic mass is 10.00. The van der Waals surface area contributed by atoms with Gasteiger partial charge < -0.3 is 10.0 Å². The minimum absolute atomic E-state index is 0.0504. The van der Waals surface area contributed by atoms with Crippen molar-refractivity contribution in [1.82, 2.24) is 8.96 Å². The first-order chi connectivity index (χ1) is 18.8. The largest absolute Gasteiger partial charge is 0.481 e. The first-order valence-electron chi connectivity index (χ1n) is 11.9. The van der Waals surface area contributed by atoms with E-state index in [0.717, 1.165) is 0 Å². The maximum atomic E-state index is 14.2. The van der Waals surface area contributed by atoms with Gasteiger partial charge in [0.15, 0.2) is 0 Å². The predicted octanol–water partition coefficient (Wildman–Crippen LogP) is 5.71. The highest BCUT2D eigenvalue weighted by Crippen LogP contribution is 2.45. The number of fused-ring (bicyclic) bond motifs is 1. The van der Waals surface area contributed by atoms with Crippen molar-refractivity contribution >= 4 is 55.7 Å². The molecule has 0 amide bonds. The molecule has 39 heavy (non-hydrogen) atoms. The standard InChI is InChI=1S/C28H19ClN4O4S2/c29-18-8-10-19(11-9-18)39(36,37)33-23-6-2-1-4-20(23)26(21-12-13-38-24(21)14-30)27(33)22-5-3-7-25(31-22)32-15-17(16-32)28(34)35/h1-13,17H,15-16H2,(H,34,35). The zero-order chi connectivity index (χ0) is 27.3. The van der Waals surface area contributed by atoms with Crippen molar-refractivity contribution in [2.24, 2.45) is 5.92 Å². The molecule has 194 valence electrons. The van der Waals surface area contributed by atoms with Gasteiger partial charge >= 0.3 is 5.97 Å². The zero-order valence-corrected chi connectivity index (χ0v) is 22.5. The van der Waals surface area contributed by atoms with Gasteiger partial charge in [0.05, 0.1) is 27.7 Å². The Bertz CT molecular complexity index is 1900. The van der Waals surface area contributed by atoms with Crippen molar-refractivity contribution in [2.75, 3.05) is 18.0 Å². The molecule has 1 fully saturated rings. The van der Waals surface area contributed by atoms with E-state index in [4.69, 9.17) is 16.6 Å². The molecule has 0 bridgehead atoms. The second-order valence-corrected chi connectivity index (χ2v) is 12.2. The highest BCUT2D eigenvalue weighted by molar-refractivity contribution is 7.90. The van der Waals surface area contributed by atoms with Crippen molar-refractivity contribution in [3.8, 4) is 28.6 Å². The van der Waals surface area contributed by atoms with Gasteiger partial charge in [0.1, 0.15) is 16.8 Å². The van der Waals surface area contributed by atoms with E-state index in [2.05, 4.69) is 6.07 Å². The third kappa shape index (κ3) is 4.15. The third-order valence-electron chi connectivity index (χ3n) is 6.75. The van der Waals surface area contributed by atoms with Gasteiger partial charge in [-0.25, -0.2) is 17.4 Å². The highest BCUT2D eigenvalue weighted by atomic mass is 35.5. The lowest BCUT2D eigenvalue weighted by Gasteiger charge is -2.37. The molecule has 0 atom stereocenters. The van der Waals surface area contributed by atoms with Crippen molar-refractivity contribution < 1.29 is 18.3 Å². The summed E-state index contributed by atoms with van der Waals surface area (Å²) in [6.45, 7) is 0.627. The fraction of sp³-hybridized carbons (Fsp3) is 0.107. The molecule has 6 rings (SSSR count). The van der Waals surface area contributed by atoms with Crippen LogP contribution < -0.4 is 4.90 Å². The molecule has 0 spiro atoms. The number of nitrogens with zero attached hydrogens (tertiary/aromatic N) is 4. The third-order valence-corrected chi connectivity index (χ3v) is 9.55. The number of hydrogen-bond acceptors (Lipinski definition) is 7. The van der Waals surface area contributed by atoms with E-state index in [-0.39, 0.29) is 4.90 Å². The lowest BCUT2D eigenvalue weighted by molar-refractivity contribution is -0.142. The molecular formula is C28H19ClN4O4S2. The number of pyridine rings is 1. The fourth-order valence-electron chi connectivity index (χ4n) is 4.82. The number of nitriles is 1. The van der Waals surface area contributed by atoms with Crippen molar-refractivity contribution in [1.29, 1.82) is 5.26 Å². The first-order valence-corrected chi connectivity index (χ1v) is 14.6. The summed E-state index contributed by atoms with van der Waals surface area (Å²) in [5.74, 6) is -0.797. The van der Waals surface area contributed by atoms with E-state index in [1.165, 1.54) is 39.6 Å². The number of benzene rings is 2. The molecule has 2 aromatic carbocycles. The minimum atomic E-state index is -4.15.